The molecule has 1 aromatic carbocycles. The van der Waals surface area contributed by atoms with Gasteiger partial charge in [-0.05, 0) is 18.6 Å². The SMILES string of the molecule is CCCCCCNOC(=O)c1ccccc1. The van der Waals surface area contributed by atoms with Crippen LogP contribution in [0.25, 0.3) is 0 Å². The van der Waals surface area contributed by atoms with Gasteiger partial charge < -0.3 is 4.84 Å². The van der Waals surface area contributed by atoms with Crippen LogP contribution in [0.3, 0.4) is 0 Å². The molecule has 0 heterocycles. The summed E-state index contributed by atoms with van der Waals surface area (Å²) in [6.45, 7) is 2.89. The summed E-state index contributed by atoms with van der Waals surface area (Å²) in [6.07, 6.45) is 4.65. The summed E-state index contributed by atoms with van der Waals surface area (Å²) in [5, 5.41) is 0. The molecule has 0 aliphatic rings. The van der Waals surface area contributed by atoms with E-state index >= 15 is 0 Å². The van der Waals surface area contributed by atoms with Gasteiger partial charge in [0.15, 0.2) is 0 Å². The predicted molar refractivity (Wildman–Crippen MR) is 64.0 cm³/mol. The highest BCUT2D eigenvalue weighted by atomic mass is 16.7. The first-order chi connectivity index (χ1) is 7.84. The van der Waals surface area contributed by atoms with E-state index in [1.165, 1.54) is 19.3 Å². The Morgan fingerprint density at radius 3 is 2.62 bits per heavy atom. The van der Waals surface area contributed by atoms with Crippen LogP contribution in [-0.2, 0) is 4.84 Å². The van der Waals surface area contributed by atoms with Crippen LogP contribution in [0.1, 0.15) is 43.0 Å². The van der Waals surface area contributed by atoms with Crippen molar-refractivity contribution in [3.63, 3.8) is 0 Å². The maximum atomic E-state index is 11.4. The molecule has 0 aromatic heterocycles. The topological polar surface area (TPSA) is 38.3 Å². The van der Waals surface area contributed by atoms with Crippen molar-refractivity contribution in [3.8, 4) is 0 Å². The van der Waals surface area contributed by atoms with E-state index in [-0.39, 0.29) is 5.97 Å². The fraction of sp³-hybridized carbons (Fsp3) is 0.462. The maximum absolute atomic E-state index is 11.4. The molecule has 1 rings (SSSR count). The lowest BCUT2D eigenvalue weighted by Gasteiger charge is -2.05. The Morgan fingerprint density at radius 1 is 1.19 bits per heavy atom. The van der Waals surface area contributed by atoms with Gasteiger partial charge in [-0.3, -0.25) is 0 Å². The number of hydrogen-bond acceptors (Lipinski definition) is 3. The molecule has 0 aliphatic carbocycles. The van der Waals surface area contributed by atoms with E-state index in [9.17, 15) is 4.79 Å². The summed E-state index contributed by atoms with van der Waals surface area (Å²) in [6, 6.07) is 8.98. The van der Waals surface area contributed by atoms with Gasteiger partial charge in [-0.2, -0.15) is 5.48 Å². The van der Waals surface area contributed by atoms with E-state index in [4.69, 9.17) is 4.84 Å². The van der Waals surface area contributed by atoms with Crippen molar-refractivity contribution in [3.05, 3.63) is 35.9 Å². The Balaban J connectivity index is 2.12. The van der Waals surface area contributed by atoms with Gasteiger partial charge in [0, 0.05) is 6.54 Å². The molecule has 1 N–H and O–H groups in total. The Kier molecular flexibility index (Phi) is 6.26. The number of hydrogen-bond donors (Lipinski definition) is 1. The number of hydroxylamine groups is 1. The van der Waals surface area contributed by atoms with Crippen LogP contribution >= 0.6 is 0 Å². The minimum atomic E-state index is -0.323. The zero-order chi connectivity index (χ0) is 11.6. The highest BCUT2D eigenvalue weighted by Crippen LogP contribution is 2.00. The van der Waals surface area contributed by atoms with E-state index in [1.807, 2.05) is 18.2 Å². The number of carbonyl (C=O) groups excluding carboxylic acids is 1. The van der Waals surface area contributed by atoms with Gasteiger partial charge in [0.2, 0.25) is 0 Å². The van der Waals surface area contributed by atoms with Crippen molar-refractivity contribution in [1.82, 2.24) is 5.48 Å². The lowest BCUT2D eigenvalue weighted by Crippen LogP contribution is -2.21. The molecule has 0 bridgehead atoms. The average molecular weight is 221 g/mol. The first kappa shape index (κ1) is 12.7. The molecule has 0 saturated heterocycles. The summed E-state index contributed by atoms with van der Waals surface area (Å²) < 4.78 is 0. The Morgan fingerprint density at radius 2 is 1.94 bits per heavy atom. The van der Waals surface area contributed by atoms with Gasteiger partial charge >= 0.3 is 5.97 Å². The third-order valence-electron chi connectivity index (χ3n) is 2.31. The van der Waals surface area contributed by atoms with Gasteiger partial charge in [-0.1, -0.05) is 44.4 Å². The van der Waals surface area contributed by atoms with E-state index in [2.05, 4.69) is 12.4 Å². The summed E-state index contributed by atoms with van der Waals surface area (Å²) in [5.41, 5.74) is 3.27. The smallest absolute Gasteiger partial charge is 0.356 e. The molecule has 0 fully saturated rings. The summed E-state index contributed by atoms with van der Waals surface area (Å²) >= 11 is 0. The number of unbranched alkanes of at least 4 members (excludes halogenated alkanes) is 3. The molecule has 0 saturated carbocycles. The molecule has 88 valence electrons. The number of benzene rings is 1. The van der Waals surface area contributed by atoms with Crippen molar-refractivity contribution in [2.24, 2.45) is 0 Å². The fourth-order valence-corrected chi connectivity index (χ4v) is 1.37. The largest absolute Gasteiger partial charge is 0.367 e. The van der Waals surface area contributed by atoms with E-state index < -0.39 is 0 Å². The summed E-state index contributed by atoms with van der Waals surface area (Å²) in [4.78, 5) is 16.4. The van der Waals surface area contributed by atoms with E-state index in [1.54, 1.807) is 12.1 Å². The monoisotopic (exact) mass is 221 g/mol. The molecule has 0 aliphatic heterocycles. The number of rotatable bonds is 7. The van der Waals surface area contributed by atoms with Crippen molar-refractivity contribution in [1.29, 1.82) is 0 Å². The zero-order valence-corrected chi connectivity index (χ0v) is 9.74. The number of nitrogens with one attached hydrogen (secondary N) is 1. The molecule has 1 aromatic rings. The second kappa shape index (κ2) is 7.88. The summed E-state index contributed by atoms with van der Waals surface area (Å²) in [5.74, 6) is -0.323. The lowest BCUT2D eigenvalue weighted by molar-refractivity contribution is 0.0251. The van der Waals surface area contributed by atoms with Crippen LogP contribution in [0.4, 0.5) is 0 Å². The van der Waals surface area contributed by atoms with Crippen LogP contribution < -0.4 is 5.48 Å². The normalized spacial score (nSPS) is 10.1. The molecule has 0 radical (unpaired) electrons. The third-order valence-corrected chi connectivity index (χ3v) is 2.31. The Hall–Kier alpha value is -1.35. The molecule has 3 nitrogen and oxygen atoms in total. The first-order valence-electron chi connectivity index (χ1n) is 5.83. The van der Waals surface area contributed by atoms with E-state index in [0.717, 1.165) is 13.0 Å². The minimum Gasteiger partial charge on any atom is -0.367 e. The van der Waals surface area contributed by atoms with Gasteiger partial charge in [-0.15, -0.1) is 0 Å². The molecule has 0 amide bonds. The summed E-state index contributed by atoms with van der Waals surface area (Å²) in [7, 11) is 0. The number of carbonyl (C=O) groups is 1. The standard InChI is InChI=1S/C13H19NO2/c1-2-3-4-8-11-14-16-13(15)12-9-6-5-7-10-12/h5-7,9-10,14H,2-4,8,11H2,1H3. The van der Waals surface area contributed by atoms with E-state index in [0.29, 0.717) is 5.56 Å². The first-order valence-corrected chi connectivity index (χ1v) is 5.83. The highest BCUT2D eigenvalue weighted by molar-refractivity contribution is 5.89. The maximum Gasteiger partial charge on any atom is 0.356 e. The van der Waals surface area contributed by atoms with Crippen LogP contribution in [0.5, 0.6) is 0 Å². The zero-order valence-electron chi connectivity index (χ0n) is 9.74. The van der Waals surface area contributed by atoms with Crippen LogP contribution in [0.2, 0.25) is 0 Å². The molecule has 0 spiro atoms. The molecular weight excluding hydrogens is 202 g/mol. The average Bonchev–Trinajstić information content (AvgIpc) is 2.34. The van der Waals surface area contributed by atoms with Crippen LogP contribution in [0.15, 0.2) is 30.3 Å². The van der Waals surface area contributed by atoms with Crippen molar-refractivity contribution in [2.75, 3.05) is 6.54 Å². The Bertz CT molecular complexity index is 298. The molecular formula is C13H19NO2. The van der Waals surface area contributed by atoms with Gasteiger partial charge in [0.1, 0.15) is 0 Å². The highest BCUT2D eigenvalue weighted by Gasteiger charge is 2.04. The molecule has 0 unspecified atom stereocenters. The Labute approximate surface area is 96.8 Å². The lowest BCUT2D eigenvalue weighted by atomic mass is 10.2. The minimum absolute atomic E-state index is 0.323. The van der Waals surface area contributed by atoms with Crippen LogP contribution in [-0.4, -0.2) is 12.5 Å². The molecule has 3 heteroatoms. The van der Waals surface area contributed by atoms with Gasteiger partial charge in [0.25, 0.3) is 0 Å². The van der Waals surface area contributed by atoms with Gasteiger partial charge in [-0.25, -0.2) is 4.79 Å². The van der Waals surface area contributed by atoms with Crippen LogP contribution in [0, 0.1) is 0 Å². The second-order valence-corrected chi connectivity index (χ2v) is 3.71. The fourth-order valence-electron chi connectivity index (χ4n) is 1.37. The van der Waals surface area contributed by atoms with Gasteiger partial charge in [0.05, 0.1) is 5.56 Å². The van der Waals surface area contributed by atoms with Crippen molar-refractivity contribution >= 4 is 5.97 Å². The second-order valence-electron chi connectivity index (χ2n) is 3.71. The molecule has 0 atom stereocenters. The molecule has 16 heavy (non-hydrogen) atoms. The van der Waals surface area contributed by atoms with Crippen molar-refractivity contribution in [2.45, 2.75) is 32.6 Å². The van der Waals surface area contributed by atoms with Crippen molar-refractivity contribution < 1.29 is 9.63 Å². The predicted octanol–water partition coefficient (Wildman–Crippen LogP) is 2.93. The quantitative estimate of drug-likeness (QED) is 0.568. The third kappa shape index (κ3) is 4.94.